The minimum absolute atomic E-state index is 0.0477. The highest BCUT2D eigenvalue weighted by Crippen LogP contribution is 2.29. The molecule has 1 aromatic heterocycles. The van der Waals surface area contributed by atoms with E-state index >= 15 is 0 Å². The summed E-state index contributed by atoms with van der Waals surface area (Å²) < 4.78 is 0. The Kier molecular flexibility index (Phi) is 5.86. The molecule has 2 saturated heterocycles. The lowest BCUT2D eigenvalue weighted by Crippen LogP contribution is -2.53. The van der Waals surface area contributed by atoms with E-state index in [1.165, 1.54) is 0 Å². The highest BCUT2D eigenvalue weighted by atomic mass is 15.2. The second kappa shape index (κ2) is 8.54. The zero-order chi connectivity index (χ0) is 20.4. The van der Waals surface area contributed by atoms with Crippen molar-refractivity contribution in [2.24, 2.45) is 22.9 Å². The minimum atomic E-state index is 0.0477. The number of pyridine rings is 1. The van der Waals surface area contributed by atoms with Gasteiger partial charge in [0.05, 0.1) is 0 Å². The van der Waals surface area contributed by atoms with Crippen LogP contribution in [0.5, 0.6) is 0 Å². The number of para-hydroxylation sites is 1. The smallest absolute Gasteiger partial charge is 0.134 e. The van der Waals surface area contributed by atoms with Crippen LogP contribution in [0.25, 0.3) is 0 Å². The summed E-state index contributed by atoms with van der Waals surface area (Å²) in [5.41, 5.74) is 27.0. The first-order chi connectivity index (χ1) is 14.0. The van der Waals surface area contributed by atoms with Gasteiger partial charge in [0.1, 0.15) is 11.6 Å². The standard InChI is InChI=1S/C21H32N8/c22-14-6-15(23)11-28(10-14)19-8-20(26-18-4-2-1-3-5-18)27-21(9-19)29-12-16(24)7-17(25)13-29/h1-5,8-9,14-17H,6-7,10-13,22-25H2,(H,26,27). The van der Waals surface area contributed by atoms with Crippen LogP contribution in [0.15, 0.2) is 42.5 Å². The van der Waals surface area contributed by atoms with Crippen molar-refractivity contribution in [1.29, 1.82) is 0 Å². The van der Waals surface area contributed by atoms with Crippen LogP contribution in [0.3, 0.4) is 0 Å². The van der Waals surface area contributed by atoms with Crippen LogP contribution in [-0.2, 0) is 0 Å². The first-order valence-corrected chi connectivity index (χ1v) is 10.3. The normalized spacial score (nSPS) is 27.7. The summed E-state index contributed by atoms with van der Waals surface area (Å²) in [7, 11) is 0. The van der Waals surface area contributed by atoms with E-state index in [0.717, 1.165) is 62.0 Å². The van der Waals surface area contributed by atoms with Gasteiger partial charge in [0.15, 0.2) is 0 Å². The fraction of sp³-hybridized carbons (Fsp3) is 0.476. The van der Waals surface area contributed by atoms with Gasteiger partial charge < -0.3 is 38.1 Å². The zero-order valence-corrected chi connectivity index (χ0v) is 16.7. The predicted octanol–water partition coefficient (Wildman–Crippen LogP) is 0.555. The quantitative estimate of drug-likeness (QED) is 0.506. The molecule has 2 aliphatic heterocycles. The molecule has 2 aliphatic rings. The third kappa shape index (κ3) is 4.97. The summed E-state index contributed by atoms with van der Waals surface area (Å²) in [4.78, 5) is 9.31. The van der Waals surface area contributed by atoms with E-state index in [2.05, 4.69) is 27.2 Å². The van der Waals surface area contributed by atoms with Crippen molar-refractivity contribution in [3.8, 4) is 0 Å². The number of rotatable bonds is 4. The molecule has 0 bridgehead atoms. The third-order valence-electron chi connectivity index (χ3n) is 5.56. The maximum Gasteiger partial charge on any atom is 0.134 e. The number of hydrogen-bond acceptors (Lipinski definition) is 8. The monoisotopic (exact) mass is 396 g/mol. The summed E-state index contributed by atoms with van der Waals surface area (Å²) in [6.45, 7) is 3.05. The number of piperidine rings is 2. The third-order valence-corrected chi connectivity index (χ3v) is 5.56. The van der Waals surface area contributed by atoms with Crippen LogP contribution in [0, 0.1) is 0 Å². The number of nitrogens with zero attached hydrogens (tertiary/aromatic N) is 3. The molecule has 29 heavy (non-hydrogen) atoms. The maximum absolute atomic E-state index is 6.24. The van der Waals surface area contributed by atoms with Crippen molar-refractivity contribution in [2.75, 3.05) is 41.3 Å². The molecule has 8 heteroatoms. The number of benzene rings is 1. The molecule has 2 fully saturated rings. The Morgan fingerprint density at radius 1 is 0.759 bits per heavy atom. The number of anilines is 4. The van der Waals surface area contributed by atoms with Gasteiger partial charge in [-0.05, 0) is 25.0 Å². The lowest BCUT2D eigenvalue weighted by atomic mass is 10.0. The van der Waals surface area contributed by atoms with Crippen molar-refractivity contribution < 1.29 is 0 Å². The van der Waals surface area contributed by atoms with Crippen molar-refractivity contribution in [2.45, 2.75) is 37.0 Å². The van der Waals surface area contributed by atoms with Gasteiger partial charge in [0.25, 0.3) is 0 Å². The molecule has 0 amide bonds. The van der Waals surface area contributed by atoms with E-state index in [4.69, 9.17) is 27.9 Å². The van der Waals surface area contributed by atoms with E-state index in [0.29, 0.717) is 0 Å². The van der Waals surface area contributed by atoms with Gasteiger partial charge in [-0.2, -0.15) is 0 Å². The topological polar surface area (TPSA) is 135 Å². The second-order valence-electron chi connectivity index (χ2n) is 8.38. The lowest BCUT2D eigenvalue weighted by molar-refractivity contribution is 0.448. The number of nitrogens with one attached hydrogen (secondary N) is 1. The molecule has 1 aromatic carbocycles. The van der Waals surface area contributed by atoms with Crippen LogP contribution >= 0.6 is 0 Å². The molecule has 4 atom stereocenters. The Morgan fingerprint density at radius 2 is 1.31 bits per heavy atom. The SMILES string of the molecule is NC1CC(N)CN(c2cc(Nc3ccccc3)nc(N3CC(N)CC(N)C3)c2)C1. The highest BCUT2D eigenvalue weighted by molar-refractivity contribution is 5.67. The van der Waals surface area contributed by atoms with Gasteiger partial charge in [0, 0.05) is 73.9 Å². The Hall–Kier alpha value is -2.39. The summed E-state index contributed by atoms with van der Waals surface area (Å²) in [5, 5.41) is 3.42. The first kappa shape index (κ1) is 19.9. The first-order valence-electron chi connectivity index (χ1n) is 10.3. The average molecular weight is 397 g/mol. The number of hydrogen-bond donors (Lipinski definition) is 5. The van der Waals surface area contributed by atoms with E-state index in [-0.39, 0.29) is 24.2 Å². The molecule has 4 rings (SSSR count). The van der Waals surface area contributed by atoms with Gasteiger partial charge in [-0.3, -0.25) is 0 Å². The van der Waals surface area contributed by atoms with Gasteiger partial charge in [0.2, 0.25) is 0 Å². The molecule has 0 saturated carbocycles. The molecule has 0 aliphatic carbocycles. The summed E-state index contributed by atoms with van der Waals surface area (Å²) in [6.07, 6.45) is 1.68. The number of aromatic nitrogens is 1. The molecule has 0 spiro atoms. The van der Waals surface area contributed by atoms with Gasteiger partial charge >= 0.3 is 0 Å². The molecule has 4 unspecified atom stereocenters. The minimum Gasteiger partial charge on any atom is -0.368 e. The van der Waals surface area contributed by atoms with Crippen LogP contribution in [0.4, 0.5) is 23.0 Å². The Bertz CT molecular complexity index is 749. The van der Waals surface area contributed by atoms with Crippen LogP contribution < -0.4 is 38.1 Å². The van der Waals surface area contributed by atoms with Crippen molar-refractivity contribution in [3.63, 3.8) is 0 Å². The van der Waals surface area contributed by atoms with E-state index in [1.54, 1.807) is 0 Å². The molecule has 9 N–H and O–H groups in total. The van der Waals surface area contributed by atoms with Gasteiger partial charge in [-0.1, -0.05) is 18.2 Å². The maximum atomic E-state index is 6.24. The lowest BCUT2D eigenvalue weighted by Gasteiger charge is -2.38. The molecular weight excluding hydrogens is 364 g/mol. The average Bonchev–Trinajstić information content (AvgIpc) is 2.67. The highest BCUT2D eigenvalue weighted by Gasteiger charge is 2.27. The van der Waals surface area contributed by atoms with Crippen LogP contribution in [0.2, 0.25) is 0 Å². The molecular formula is C21H32N8. The van der Waals surface area contributed by atoms with Crippen molar-refractivity contribution in [3.05, 3.63) is 42.5 Å². The number of nitrogens with two attached hydrogens (primary N) is 4. The van der Waals surface area contributed by atoms with Crippen molar-refractivity contribution >= 4 is 23.0 Å². The summed E-state index contributed by atoms with van der Waals surface area (Å²) in [5.74, 6) is 1.66. The molecule has 3 heterocycles. The molecule has 0 radical (unpaired) electrons. The Morgan fingerprint density at radius 3 is 1.90 bits per heavy atom. The molecule has 8 nitrogen and oxygen atoms in total. The largest absolute Gasteiger partial charge is 0.368 e. The van der Waals surface area contributed by atoms with Crippen LogP contribution in [-0.4, -0.2) is 55.3 Å². The van der Waals surface area contributed by atoms with Gasteiger partial charge in [-0.15, -0.1) is 0 Å². The molecule has 156 valence electrons. The molecule has 2 aromatic rings. The predicted molar refractivity (Wildman–Crippen MR) is 120 cm³/mol. The Balaban J connectivity index is 1.67. The summed E-state index contributed by atoms with van der Waals surface area (Å²) in [6, 6.07) is 14.4. The second-order valence-corrected chi connectivity index (χ2v) is 8.38. The van der Waals surface area contributed by atoms with E-state index < -0.39 is 0 Å². The zero-order valence-electron chi connectivity index (χ0n) is 16.7. The van der Waals surface area contributed by atoms with Gasteiger partial charge in [-0.25, -0.2) is 4.98 Å². The van der Waals surface area contributed by atoms with Crippen LogP contribution in [0.1, 0.15) is 12.8 Å². The fourth-order valence-corrected chi connectivity index (χ4v) is 4.34. The van der Waals surface area contributed by atoms with E-state index in [1.807, 2.05) is 30.3 Å². The van der Waals surface area contributed by atoms with E-state index in [9.17, 15) is 0 Å². The van der Waals surface area contributed by atoms with Crippen molar-refractivity contribution in [1.82, 2.24) is 4.98 Å². The fourth-order valence-electron chi connectivity index (χ4n) is 4.34. The summed E-state index contributed by atoms with van der Waals surface area (Å²) >= 11 is 0. The Labute approximate surface area is 172 Å².